The maximum atomic E-state index is 13.5. The molecule has 1 N–H and O–H groups in total. The molecule has 0 atom stereocenters. The highest BCUT2D eigenvalue weighted by atomic mass is 19.1. The number of hydrogen-bond donors (Lipinski definition) is 1. The smallest absolute Gasteiger partial charge is 0.128 e. The molecule has 19 heavy (non-hydrogen) atoms. The van der Waals surface area contributed by atoms with Crippen molar-refractivity contribution in [3.63, 3.8) is 0 Å². The van der Waals surface area contributed by atoms with E-state index in [4.69, 9.17) is 0 Å². The highest BCUT2D eigenvalue weighted by molar-refractivity contribution is 5.40. The van der Waals surface area contributed by atoms with E-state index >= 15 is 0 Å². The van der Waals surface area contributed by atoms with Crippen LogP contribution in [0.5, 0.6) is 0 Å². The third-order valence-electron chi connectivity index (χ3n) is 2.89. The lowest BCUT2D eigenvalue weighted by atomic mass is 10.2. The number of nitrogens with one attached hydrogen (secondary N) is 1. The summed E-state index contributed by atoms with van der Waals surface area (Å²) in [6.07, 6.45) is 1.83. The molecule has 0 amide bonds. The summed E-state index contributed by atoms with van der Waals surface area (Å²) in [6, 6.07) is 4.95. The molecule has 0 saturated carbocycles. The predicted octanol–water partition coefficient (Wildman–Crippen LogP) is 2.46. The topological polar surface area (TPSA) is 42.7 Å². The summed E-state index contributed by atoms with van der Waals surface area (Å²) in [6.45, 7) is 7.65. The molecule has 0 aliphatic carbocycles. The van der Waals surface area contributed by atoms with Crippen LogP contribution in [0.1, 0.15) is 25.1 Å². The lowest BCUT2D eigenvalue weighted by Gasteiger charge is -2.05. The number of nitrogens with zero attached hydrogens (tertiary/aromatic N) is 3. The van der Waals surface area contributed by atoms with Gasteiger partial charge in [0.25, 0.3) is 0 Å². The van der Waals surface area contributed by atoms with Crippen LogP contribution in [-0.2, 0) is 6.54 Å². The average molecular weight is 262 g/mol. The van der Waals surface area contributed by atoms with Crippen LogP contribution in [0.2, 0.25) is 0 Å². The van der Waals surface area contributed by atoms with E-state index < -0.39 is 0 Å². The highest BCUT2D eigenvalue weighted by Crippen LogP contribution is 2.15. The van der Waals surface area contributed by atoms with Gasteiger partial charge in [0.2, 0.25) is 0 Å². The maximum Gasteiger partial charge on any atom is 0.128 e. The molecule has 0 fully saturated rings. The minimum absolute atomic E-state index is 0.229. The van der Waals surface area contributed by atoms with Crippen molar-refractivity contribution in [2.45, 2.75) is 27.3 Å². The number of aromatic nitrogens is 3. The van der Waals surface area contributed by atoms with Gasteiger partial charge in [0.15, 0.2) is 0 Å². The fourth-order valence-corrected chi connectivity index (χ4v) is 1.83. The summed E-state index contributed by atoms with van der Waals surface area (Å²) in [5.74, 6) is 0.369. The molecule has 1 aromatic carbocycles. The molecule has 4 nitrogen and oxygen atoms in total. The molecule has 2 aromatic rings. The predicted molar refractivity (Wildman–Crippen MR) is 72.6 cm³/mol. The van der Waals surface area contributed by atoms with Gasteiger partial charge in [-0.1, -0.05) is 25.1 Å². The van der Waals surface area contributed by atoms with E-state index in [-0.39, 0.29) is 5.82 Å². The third kappa shape index (κ3) is 3.38. The second-order valence-electron chi connectivity index (χ2n) is 5.06. The van der Waals surface area contributed by atoms with E-state index in [0.717, 1.165) is 17.9 Å². The van der Waals surface area contributed by atoms with Crippen LogP contribution in [0.25, 0.3) is 5.69 Å². The monoisotopic (exact) mass is 262 g/mol. The molecule has 0 unspecified atom stereocenters. The first-order valence-corrected chi connectivity index (χ1v) is 6.45. The summed E-state index contributed by atoms with van der Waals surface area (Å²) >= 11 is 0. The first kappa shape index (κ1) is 13.7. The number of rotatable bonds is 5. The lowest BCUT2D eigenvalue weighted by Crippen LogP contribution is -2.19. The zero-order valence-corrected chi connectivity index (χ0v) is 11.5. The maximum absolute atomic E-state index is 13.5. The zero-order chi connectivity index (χ0) is 13.8. The van der Waals surface area contributed by atoms with E-state index in [1.54, 1.807) is 17.7 Å². The van der Waals surface area contributed by atoms with Crippen LogP contribution in [0.3, 0.4) is 0 Å². The molecule has 0 bridgehead atoms. The van der Waals surface area contributed by atoms with Crippen LogP contribution in [0, 0.1) is 18.7 Å². The number of benzene rings is 1. The van der Waals surface area contributed by atoms with Crippen molar-refractivity contribution in [2.24, 2.45) is 5.92 Å². The van der Waals surface area contributed by atoms with Crippen molar-refractivity contribution in [3.8, 4) is 5.69 Å². The van der Waals surface area contributed by atoms with E-state index in [1.165, 1.54) is 6.07 Å². The standard InChI is InChI=1S/C14H19FN4/c1-10(2)7-16-8-12-9-19(18-17-12)14-6-4-5-13(15)11(14)3/h4-6,9-10,16H,7-8H2,1-3H3. The van der Waals surface area contributed by atoms with Crippen molar-refractivity contribution in [2.75, 3.05) is 6.54 Å². The summed E-state index contributed by atoms with van der Waals surface area (Å²) in [5, 5.41) is 11.4. The van der Waals surface area contributed by atoms with Gasteiger partial charge < -0.3 is 5.32 Å². The van der Waals surface area contributed by atoms with Gasteiger partial charge in [-0.3, -0.25) is 0 Å². The molecule has 0 radical (unpaired) electrons. The SMILES string of the molecule is Cc1c(F)cccc1-n1cc(CNCC(C)C)nn1. The Bertz CT molecular complexity index is 548. The molecule has 102 valence electrons. The van der Waals surface area contributed by atoms with Crippen LogP contribution in [0.4, 0.5) is 4.39 Å². The largest absolute Gasteiger partial charge is 0.311 e. The zero-order valence-electron chi connectivity index (χ0n) is 11.5. The van der Waals surface area contributed by atoms with E-state index in [0.29, 0.717) is 18.0 Å². The molecule has 1 aromatic heterocycles. The summed E-state index contributed by atoms with van der Waals surface area (Å²) < 4.78 is 15.1. The minimum Gasteiger partial charge on any atom is -0.311 e. The fourth-order valence-electron chi connectivity index (χ4n) is 1.83. The van der Waals surface area contributed by atoms with E-state index in [9.17, 15) is 4.39 Å². The van der Waals surface area contributed by atoms with Gasteiger partial charge >= 0.3 is 0 Å². The quantitative estimate of drug-likeness (QED) is 0.900. The van der Waals surface area contributed by atoms with Gasteiger partial charge in [-0.15, -0.1) is 5.10 Å². The van der Waals surface area contributed by atoms with Crippen molar-refractivity contribution in [3.05, 3.63) is 41.5 Å². The number of halogens is 1. The van der Waals surface area contributed by atoms with Gasteiger partial charge in [-0.05, 0) is 31.5 Å². The average Bonchev–Trinajstić information content (AvgIpc) is 2.81. The Kier molecular flexibility index (Phi) is 4.27. The van der Waals surface area contributed by atoms with Gasteiger partial charge in [-0.2, -0.15) is 0 Å². The van der Waals surface area contributed by atoms with Crippen molar-refractivity contribution >= 4 is 0 Å². The lowest BCUT2D eigenvalue weighted by molar-refractivity contribution is 0.548. The molecule has 0 aliphatic rings. The van der Waals surface area contributed by atoms with Crippen molar-refractivity contribution in [1.82, 2.24) is 20.3 Å². The molecule has 0 aliphatic heterocycles. The fraction of sp³-hybridized carbons (Fsp3) is 0.429. The Morgan fingerprint density at radius 1 is 1.37 bits per heavy atom. The molecular weight excluding hydrogens is 243 g/mol. The first-order chi connectivity index (χ1) is 9.08. The Labute approximate surface area is 112 Å². The second kappa shape index (κ2) is 5.93. The molecule has 0 spiro atoms. The Morgan fingerprint density at radius 3 is 2.89 bits per heavy atom. The van der Waals surface area contributed by atoms with Gasteiger partial charge in [0.1, 0.15) is 5.82 Å². The third-order valence-corrected chi connectivity index (χ3v) is 2.89. The van der Waals surface area contributed by atoms with E-state index in [2.05, 4.69) is 29.5 Å². The van der Waals surface area contributed by atoms with Crippen LogP contribution < -0.4 is 5.32 Å². The highest BCUT2D eigenvalue weighted by Gasteiger charge is 2.08. The van der Waals surface area contributed by atoms with Gasteiger partial charge in [-0.25, -0.2) is 9.07 Å². The van der Waals surface area contributed by atoms with Crippen molar-refractivity contribution < 1.29 is 4.39 Å². The van der Waals surface area contributed by atoms with Gasteiger partial charge in [0, 0.05) is 12.1 Å². The van der Waals surface area contributed by atoms with Gasteiger partial charge in [0.05, 0.1) is 17.6 Å². The normalized spacial score (nSPS) is 11.2. The molecule has 0 saturated heterocycles. The molecular formula is C14H19FN4. The van der Waals surface area contributed by atoms with E-state index in [1.807, 2.05) is 12.3 Å². The summed E-state index contributed by atoms with van der Waals surface area (Å²) in [4.78, 5) is 0. The van der Waals surface area contributed by atoms with Crippen LogP contribution in [0.15, 0.2) is 24.4 Å². The summed E-state index contributed by atoms with van der Waals surface area (Å²) in [7, 11) is 0. The first-order valence-electron chi connectivity index (χ1n) is 6.45. The molecule has 5 heteroatoms. The van der Waals surface area contributed by atoms with Crippen LogP contribution in [-0.4, -0.2) is 21.5 Å². The Balaban J connectivity index is 2.10. The van der Waals surface area contributed by atoms with Crippen molar-refractivity contribution in [1.29, 1.82) is 0 Å². The second-order valence-corrected chi connectivity index (χ2v) is 5.06. The summed E-state index contributed by atoms with van der Waals surface area (Å²) in [5.41, 5.74) is 2.15. The molecule has 1 heterocycles. The number of hydrogen-bond acceptors (Lipinski definition) is 3. The Morgan fingerprint density at radius 2 is 2.16 bits per heavy atom. The Hall–Kier alpha value is -1.75. The minimum atomic E-state index is -0.229. The van der Waals surface area contributed by atoms with Crippen LogP contribution >= 0.6 is 0 Å². The molecule has 2 rings (SSSR count).